The summed E-state index contributed by atoms with van der Waals surface area (Å²) in [6, 6.07) is 8.55. The maximum atomic E-state index is 6.02. The van der Waals surface area contributed by atoms with Crippen LogP contribution in [0.5, 0.6) is 0 Å². The Morgan fingerprint density at radius 3 is 2.52 bits per heavy atom. The van der Waals surface area contributed by atoms with Gasteiger partial charge in [0.25, 0.3) is 0 Å². The zero-order valence-corrected chi connectivity index (χ0v) is 17.2. The van der Waals surface area contributed by atoms with Gasteiger partial charge in [0.2, 0.25) is 0 Å². The number of aromatic amines is 1. The summed E-state index contributed by atoms with van der Waals surface area (Å²) in [5.41, 5.74) is 2.38. The van der Waals surface area contributed by atoms with Crippen molar-refractivity contribution in [3.63, 3.8) is 0 Å². The molecule has 7 heteroatoms. The van der Waals surface area contributed by atoms with E-state index in [4.69, 9.17) is 4.74 Å². The van der Waals surface area contributed by atoms with Gasteiger partial charge in [0, 0.05) is 38.3 Å². The minimum Gasteiger partial charge on any atom is -0.381 e. The Labute approximate surface area is 172 Å². The van der Waals surface area contributed by atoms with E-state index in [0.29, 0.717) is 0 Å². The third-order valence-electron chi connectivity index (χ3n) is 6.95. The number of fused-ring (bicyclic) bond motifs is 1. The summed E-state index contributed by atoms with van der Waals surface area (Å²) in [4.78, 5) is 5.19. The van der Waals surface area contributed by atoms with Crippen LogP contribution in [0.25, 0.3) is 11.4 Å². The van der Waals surface area contributed by atoms with E-state index < -0.39 is 0 Å². The van der Waals surface area contributed by atoms with Crippen LogP contribution < -0.4 is 0 Å². The Morgan fingerprint density at radius 1 is 1.00 bits per heavy atom. The number of likely N-dealkylation sites (tertiary alicyclic amines) is 2. The zero-order valence-electron chi connectivity index (χ0n) is 17.2. The molecule has 2 aliphatic heterocycles. The second-order valence-corrected chi connectivity index (χ2v) is 8.96. The van der Waals surface area contributed by atoms with Crippen molar-refractivity contribution in [2.24, 2.45) is 17.8 Å². The molecule has 0 radical (unpaired) electrons. The smallest absolute Gasteiger partial charge is 0.179 e. The van der Waals surface area contributed by atoms with E-state index in [1.165, 1.54) is 64.0 Å². The number of hydrogen-bond acceptors (Lipinski definition) is 6. The highest BCUT2D eigenvalue weighted by Crippen LogP contribution is 2.52. The number of piperidine rings is 2. The maximum Gasteiger partial charge on any atom is 0.179 e. The van der Waals surface area contributed by atoms with Crippen molar-refractivity contribution in [2.45, 2.75) is 32.2 Å². The highest BCUT2D eigenvalue weighted by Gasteiger charge is 2.55. The number of nitrogens with zero attached hydrogens (tertiary/aromatic N) is 5. The van der Waals surface area contributed by atoms with Crippen LogP contribution in [-0.2, 0) is 11.3 Å². The summed E-state index contributed by atoms with van der Waals surface area (Å²) in [7, 11) is 0. The number of aromatic nitrogens is 4. The Morgan fingerprint density at radius 2 is 1.79 bits per heavy atom. The molecule has 156 valence electrons. The van der Waals surface area contributed by atoms with E-state index in [1.807, 2.05) is 0 Å². The SMILES string of the molecule is c1cc(-c2nnn[nH]2)ccc1CN1C[C@@H]2[C@H](COCCCN3CCCCC3)[C@@H]2C1. The maximum absolute atomic E-state index is 6.02. The molecule has 1 aromatic heterocycles. The molecule has 7 nitrogen and oxygen atoms in total. The van der Waals surface area contributed by atoms with Crippen LogP contribution in [0.4, 0.5) is 0 Å². The van der Waals surface area contributed by atoms with Gasteiger partial charge in [-0.3, -0.25) is 4.90 Å². The fourth-order valence-corrected chi connectivity index (χ4v) is 5.21. The Balaban J connectivity index is 0.976. The fourth-order valence-electron chi connectivity index (χ4n) is 5.21. The predicted molar refractivity (Wildman–Crippen MR) is 111 cm³/mol. The highest BCUT2D eigenvalue weighted by atomic mass is 16.5. The normalized spacial score (nSPS) is 27.2. The van der Waals surface area contributed by atoms with Crippen molar-refractivity contribution in [1.29, 1.82) is 0 Å². The lowest BCUT2D eigenvalue weighted by Crippen LogP contribution is -2.31. The first kappa shape index (κ1) is 19.2. The van der Waals surface area contributed by atoms with Gasteiger partial charge in [-0.1, -0.05) is 30.7 Å². The summed E-state index contributed by atoms with van der Waals surface area (Å²) in [5, 5.41) is 14.0. The molecule has 1 aliphatic carbocycles. The van der Waals surface area contributed by atoms with Crippen LogP contribution in [0.3, 0.4) is 0 Å². The van der Waals surface area contributed by atoms with Crippen LogP contribution in [0.2, 0.25) is 0 Å². The van der Waals surface area contributed by atoms with Gasteiger partial charge in [0.1, 0.15) is 0 Å². The van der Waals surface area contributed by atoms with E-state index in [1.54, 1.807) is 0 Å². The molecule has 2 aromatic rings. The summed E-state index contributed by atoms with van der Waals surface area (Å²) >= 11 is 0. The van der Waals surface area contributed by atoms with Crippen LogP contribution in [0.1, 0.15) is 31.2 Å². The third kappa shape index (κ3) is 4.68. The van der Waals surface area contributed by atoms with Crippen molar-refractivity contribution >= 4 is 0 Å². The molecule has 29 heavy (non-hydrogen) atoms. The molecule has 3 heterocycles. The van der Waals surface area contributed by atoms with Crippen molar-refractivity contribution < 1.29 is 4.74 Å². The topological polar surface area (TPSA) is 70.2 Å². The van der Waals surface area contributed by atoms with Gasteiger partial charge in [-0.2, -0.15) is 0 Å². The monoisotopic (exact) mass is 396 g/mol. The van der Waals surface area contributed by atoms with Crippen molar-refractivity contribution in [1.82, 2.24) is 30.4 Å². The number of hydrogen-bond donors (Lipinski definition) is 1. The fraction of sp³-hybridized carbons (Fsp3) is 0.682. The molecule has 3 fully saturated rings. The first-order chi connectivity index (χ1) is 14.4. The van der Waals surface area contributed by atoms with Crippen LogP contribution in [-0.4, -0.2) is 76.4 Å². The molecule has 1 aromatic carbocycles. The Bertz CT molecular complexity index is 746. The minimum atomic E-state index is 0.720. The molecule has 0 spiro atoms. The molecule has 0 amide bonds. The van der Waals surface area contributed by atoms with Crippen LogP contribution >= 0.6 is 0 Å². The van der Waals surface area contributed by atoms with Crippen LogP contribution in [0, 0.1) is 17.8 Å². The van der Waals surface area contributed by atoms with Crippen molar-refractivity contribution in [2.75, 3.05) is 45.9 Å². The molecule has 1 N–H and O–H groups in total. The molecule has 0 unspecified atom stereocenters. The van der Waals surface area contributed by atoms with Gasteiger partial charge in [-0.05, 0) is 66.1 Å². The standard InChI is InChI=1S/C22H32N6O/c1-2-9-27(10-3-1)11-4-12-29-16-21-19-14-28(15-20(19)21)13-17-5-7-18(8-6-17)22-23-25-26-24-22/h5-8,19-21H,1-4,9-16H2,(H,23,24,25,26)/t19-,20+,21-. The predicted octanol–water partition coefficient (Wildman–Crippen LogP) is 2.44. The zero-order chi connectivity index (χ0) is 19.5. The first-order valence-electron chi connectivity index (χ1n) is 11.2. The van der Waals surface area contributed by atoms with E-state index >= 15 is 0 Å². The third-order valence-corrected chi connectivity index (χ3v) is 6.95. The molecule has 2 saturated heterocycles. The molecule has 0 bridgehead atoms. The molecule has 3 atom stereocenters. The number of rotatable bonds is 9. The summed E-state index contributed by atoms with van der Waals surface area (Å²) in [5.74, 6) is 3.24. The minimum absolute atomic E-state index is 0.720. The first-order valence-corrected chi connectivity index (χ1v) is 11.2. The number of H-pyrrole nitrogens is 1. The summed E-state index contributed by atoms with van der Waals surface area (Å²) in [6.07, 6.45) is 5.37. The lowest BCUT2D eigenvalue weighted by atomic mass is 10.1. The number of benzene rings is 1. The quantitative estimate of drug-likeness (QED) is 0.657. The number of nitrogens with one attached hydrogen (secondary N) is 1. The van der Waals surface area contributed by atoms with E-state index in [9.17, 15) is 0 Å². The van der Waals surface area contributed by atoms with Gasteiger partial charge >= 0.3 is 0 Å². The molecule has 5 rings (SSSR count). The molecule has 1 saturated carbocycles. The Hall–Kier alpha value is -1.83. The number of tetrazole rings is 1. The molecular weight excluding hydrogens is 364 g/mol. The molecular formula is C22H32N6O. The van der Waals surface area contributed by atoms with Crippen molar-refractivity contribution in [3.8, 4) is 11.4 Å². The largest absolute Gasteiger partial charge is 0.381 e. The van der Waals surface area contributed by atoms with Gasteiger partial charge in [-0.15, -0.1) is 5.10 Å². The Kier molecular flexibility index (Phi) is 5.88. The van der Waals surface area contributed by atoms with E-state index in [2.05, 4.69) is 54.7 Å². The molecule has 3 aliphatic rings. The van der Waals surface area contributed by atoms with Gasteiger partial charge in [0.05, 0.1) is 6.61 Å². The highest BCUT2D eigenvalue weighted by molar-refractivity contribution is 5.54. The van der Waals surface area contributed by atoms with Crippen molar-refractivity contribution in [3.05, 3.63) is 29.8 Å². The summed E-state index contributed by atoms with van der Waals surface area (Å²) < 4.78 is 6.02. The number of ether oxygens (including phenoxy) is 1. The van der Waals surface area contributed by atoms with Crippen LogP contribution in [0.15, 0.2) is 24.3 Å². The lowest BCUT2D eigenvalue weighted by molar-refractivity contribution is 0.0967. The summed E-state index contributed by atoms with van der Waals surface area (Å²) in [6.45, 7) is 9.19. The van der Waals surface area contributed by atoms with Gasteiger partial charge in [0.15, 0.2) is 5.82 Å². The second kappa shape index (κ2) is 8.90. The van der Waals surface area contributed by atoms with E-state index in [-0.39, 0.29) is 0 Å². The average Bonchev–Trinajstić information content (AvgIpc) is 3.15. The average molecular weight is 397 g/mol. The van der Waals surface area contributed by atoms with Gasteiger partial charge in [-0.25, -0.2) is 5.10 Å². The van der Waals surface area contributed by atoms with E-state index in [0.717, 1.165) is 48.9 Å². The second-order valence-electron chi connectivity index (χ2n) is 8.96. The lowest BCUT2D eigenvalue weighted by Gasteiger charge is -2.26. The van der Waals surface area contributed by atoms with Gasteiger partial charge < -0.3 is 9.64 Å².